The van der Waals surface area contributed by atoms with Crippen molar-refractivity contribution in [3.05, 3.63) is 22.8 Å². The normalized spacial score (nSPS) is 36.8. The molecule has 1 aliphatic carbocycles. The Bertz CT molecular complexity index is 272. The molecule has 0 bridgehead atoms. The van der Waals surface area contributed by atoms with Crippen molar-refractivity contribution in [1.29, 1.82) is 0 Å². The molecule has 0 aromatic heterocycles. The Balaban J connectivity index is 3.18. The average molecular weight is 199 g/mol. The van der Waals surface area contributed by atoms with Gasteiger partial charge in [0.2, 0.25) is 5.79 Å². The number of nitrogens with two attached hydrogens (primary N) is 2. The van der Waals surface area contributed by atoms with Crippen molar-refractivity contribution in [2.45, 2.75) is 11.8 Å². The summed E-state index contributed by atoms with van der Waals surface area (Å²) in [4.78, 5) is 0. The van der Waals surface area contributed by atoms with Gasteiger partial charge < -0.3 is 5.73 Å². The highest BCUT2D eigenvalue weighted by Gasteiger charge is 2.42. The fourth-order valence-corrected chi connectivity index (χ4v) is 0.979. The minimum atomic E-state index is -2.91. The maximum atomic E-state index is 13.0. The van der Waals surface area contributed by atoms with Crippen molar-refractivity contribution in [3.63, 3.8) is 0 Å². The van der Waals surface area contributed by atoms with E-state index < -0.39 is 28.5 Å². The molecule has 0 heterocycles. The molecule has 0 aromatic carbocycles. The summed E-state index contributed by atoms with van der Waals surface area (Å²) in [6.45, 7) is 0. The molecular formula is C6H6ClF3N2. The fourth-order valence-electron chi connectivity index (χ4n) is 0.771. The van der Waals surface area contributed by atoms with E-state index in [9.17, 15) is 13.2 Å². The van der Waals surface area contributed by atoms with Gasteiger partial charge in [0, 0.05) is 0 Å². The van der Waals surface area contributed by atoms with Gasteiger partial charge in [-0.05, 0) is 6.08 Å². The molecule has 12 heavy (non-hydrogen) atoms. The number of halogens is 4. The van der Waals surface area contributed by atoms with Crippen LogP contribution in [0.25, 0.3) is 0 Å². The van der Waals surface area contributed by atoms with Crippen LogP contribution in [-0.2, 0) is 0 Å². The van der Waals surface area contributed by atoms with Crippen LogP contribution >= 0.6 is 11.6 Å². The number of alkyl halides is 1. The van der Waals surface area contributed by atoms with Crippen LogP contribution in [0.2, 0.25) is 0 Å². The van der Waals surface area contributed by atoms with Crippen molar-refractivity contribution in [2.75, 3.05) is 0 Å². The van der Waals surface area contributed by atoms with Crippen molar-refractivity contribution in [1.82, 2.24) is 0 Å². The van der Waals surface area contributed by atoms with Crippen LogP contribution in [-0.4, -0.2) is 11.8 Å². The van der Waals surface area contributed by atoms with Gasteiger partial charge in [-0.2, -0.15) is 0 Å². The molecule has 68 valence electrons. The third kappa shape index (κ3) is 1.24. The summed E-state index contributed by atoms with van der Waals surface area (Å²) >= 11 is 5.05. The zero-order valence-electron chi connectivity index (χ0n) is 5.82. The Morgan fingerprint density at radius 1 is 1.50 bits per heavy atom. The van der Waals surface area contributed by atoms with Gasteiger partial charge in [-0.3, -0.25) is 5.73 Å². The van der Waals surface area contributed by atoms with Gasteiger partial charge in [-0.25, -0.2) is 13.2 Å². The fraction of sp³-hybridized carbons (Fsp3) is 0.333. The first-order valence-corrected chi connectivity index (χ1v) is 3.42. The maximum absolute atomic E-state index is 13.0. The van der Waals surface area contributed by atoms with E-state index in [2.05, 4.69) is 0 Å². The SMILES string of the molecule is NC1C=C(F)C(Cl)=C(F)C1(N)F. The van der Waals surface area contributed by atoms with Crippen LogP contribution in [0.3, 0.4) is 0 Å². The summed E-state index contributed by atoms with van der Waals surface area (Å²) in [7, 11) is 0. The molecule has 1 aliphatic rings. The van der Waals surface area contributed by atoms with E-state index in [0.29, 0.717) is 6.08 Å². The van der Waals surface area contributed by atoms with Gasteiger partial charge in [0.15, 0.2) is 5.83 Å². The van der Waals surface area contributed by atoms with E-state index in [1.54, 1.807) is 0 Å². The monoisotopic (exact) mass is 198 g/mol. The lowest BCUT2D eigenvalue weighted by molar-refractivity contribution is 0.158. The van der Waals surface area contributed by atoms with Crippen LogP contribution in [0.1, 0.15) is 0 Å². The molecule has 0 aromatic rings. The molecule has 0 radical (unpaired) electrons. The van der Waals surface area contributed by atoms with Crippen LogP contribution in [0, 0.1) is 0 Å². The van der Waals surface area contributed by atoms with E-state index in [-0.39, 0.29) is 0 Å². The quantitative estimate of drug-likeness (QED) is 0.575. The van der Waals surface area contributed by atoms with E-state index in [1.807, 2.05) is 0 Å². The summed E-state index contributed by atoms with van der Waals surface area (Å²) < 4.78 is 38.3. The summed E-state index contributed by atoms with van der Waals surface area (Å²) in [5.41, 5.74) is 9.80. The Hall–Kier alpha value is -0.520. The average Bonchev–Trinajstić information content (AvgIpc) is 1.99. The van der Waals surface area contributed by atoms with Crippen molar-refractivity contribution in [2.24, 2.45) is 11.5 Å². The molecule has 1 rings (SSSR count). The van der Waals surface area contributed by atoms with Crippen LogP contribution < -0.4 is 11.5 Å². The van der Waals surface area contributed by atoms with Gasteiger partial charge >= 0.3 is 0 Å². The van der Waals surface area contributed by atoms with Gasteiger partial charge in [0.1, 0.15) is 10.9 Å². The number of hydrogen-bond donors (Lipinski definition) is 2. The predicted octanol–water partition coefficient (Wildman–Crippen LogP) is 1.23. The zero-order valence-corrected chi connectivity index (χ0v) is 6.58. The standard InChI is InChI=1S/C6H6ClF3N2/c7-4-2(8)1-3(11)6(10,12)5(4)9/h1,3H,11-12H2. The molecule has 2 nitrogen and oxygen atoms in total. The highest BCUT2D eigenvalue weighted by Crippen LogP contribution is 2.35. The molecule has 0 amide bonds. The molecule has 4 N–H and O–H groups in total. The lowest BCUT2D eigenvalue weighted by Crippen LogP contribution is -2.53. The Labute approximate surface area is 71.7 Å². The summed E-state index contributed by atoms with van der Waals surface area (Å²) in [5.74, 6) is -5.58. The number of allylic oxidation sites excluding steroid dienone is 2. The minimum Gasteiger partial charge on any atom is -0.320 e. The van der Waals surface area contributed by atoms with E-state index in [1.165, 1.54) is 0 Å². The lowest BCUT2D eigenvalue weighted by atomic mass is 10.0. The Morgan fingerprint density at radius 2 is 2.00 bits per heavy atom. The van der Waals surface area contributed by atoms with Crippen LogP contribution in [0.15, 0.2) is 22.8 Å². The first-order valence-electron chi connectivity index (χ1n) is 3.04. The molecule has 0 aliphatic heterocycles. The van der Waals surface area contributed by atoms with Crippen molar-refractivity contribution in [3.8, 4) is 0 Å². The van der Waals surface area contributed by atoms with Crippen molar-refractivity contribution < 1.29 is 13.2 Å². The second-order valence-corrected chi connectivity index (χ2v) is 2.81. The molecule has 0 spiro atoms. The molecule has 2 unspecified atom stereocenters. The topological polar surface area (TPSA) is 52.0 Å². The molecule has 6 heteroatoms. The molecule has 0 saturated carbocycles. The van der Waals surface area contributed by atoms with Gasteiger partial charge in [-0.1, -0.05) is 11.6 Å². The first-order chi connectivity index (χ1) is 5.37. The lowest BCUT2D eigenvalue weighted by Gasteiger charge is -2.26. The Kier molecular flexibility index (Phi) is 2.20. The predicted molar refractivity (Wildman–Crippen MR) is 39.2 cm³/mol. The first kappa shape index (κ1) is 9.57. The molecule has 0 fully saturated rings. The third-order valence-electron chi connectivity index (χ3n) is 1.55. The summed E-state index contributed by atoms with van der Waals surface area (Å²) in [6.07, 6.45) is 0.630. The highest BCUT2D eigenvalue weighted by molar-refractivity contribution is 6.32. The molecular weight excluding hydrogens is 193 g/mol. The van der Waals surface area contributed by atoms with Crippen LogP contribution in [0.5, 0.6) is 0 Å². The smallest absolute Gasteiger partial charge is 0.231 e. The van der Waals surface area contributed by atoms with Gasteiger partial charge in [-0.15, -0.1) is 0 Å². The third-order valence-corrected chi connectivity index (χ3v) is 1.90. The highest BCUT2D eigenvalue weighted by atomic mass is 35.5. The van der Waals surface area contributed by atoms with E-state index >= 15 is 0 Å². The molecule has 0 saturated heterocycles. The van der Waals surface area contributed by atoms with E-state index in [4.69, 9.17) is 23.1 Å². The maximum Gasteiger partial charge on any atom is 0.231 e. The summed E-state index contributed by atoms with van der Waals surface area (Å²) in [5, 5.41) is -0.957. The van der Waals surface area contributed by atoms with Gasteiger partial charge in [0.25, 0.3) is 0 Å². The van der Waals surface area contributed by atoms with Crippen LogP contribution in [0.4, 0.5) is 13.2 Å². The second kappa shape index (κ2) is 2.76. The zero-order chi connectivity index (χ0) is 9.52. The van der Waals surface area contributed by atoms with E-state index in [0.717, 1.165) is 0 Å². The Morgan fingerprint density at radius 3 is 2.50 bits per heavy atom. The van der Waals surface area contributed by atoms with Gasteiger partial charge in [0.05, 0.1) is 6.04 Å². The summed E-state index contributed by atoms with van der Waals surface area (Å²) in [6, 6.07) is -1.56. The van der Waals surface area contributed by atoms with Crippen molar-refractivity contribution >= 4 is 11.6 Å². The minimum absolute atomic E-state index is 0.630. The molecule has 2 atom stereocenters. The second-order valence-electron chi connectivity index (χ2n) is 2.44. The number of rotatable bonds is 0. The number of hydrogen-bond acceptors (Lipinski definition) is 2. The largest absolute Gasteiger partial charge is 0.320 e.